The first kappa shape index (κ1) is 14.7. The van der Waals surface area contributed by atoms with E-state index in [0.717, 1.165) is 6.42 Å². The number of allylic oxidation sites excluding steroid dienone is 1. The lowest BCUT2D eigenvalue weighted by Crippen LogP contribution is -1.98. The van der Waals surface area contributed by atoms with Crippen LogP contribution in [0, 0.1) is 0 Å². The molecule has 0 aliphatic heterocycles. The molecule has 1 N–H and O–H groups in total. The molecule has 0 saturated heterocycles. The molecular formula is C14H28O. The third-order valence-corrected chi connectivity index (χ3v) is 2.78. The van der Waals surface area contributed by atoms with Crippen LogP contribution in [-0.2, 0) is 0 Å². The van der Waals surface area contributed by atoms with Crippen LogP contribution in [0.1, 0.15) is 71.1 Å². The Hall–Kier alpha value is -0.300. The Balaban J connectivity index is 2.89. The van der Waals surface area contributed by atoms with Gasteiger partial charge in [0.15, 0.2) is 0 Å². The molecule has 0 aromatic carbocycles. The van der Waals surface area contributed by atoms with Crippen LogP contribution in [0.3, 0.4) is 0 Å². The molecule has 0 aromatic heterocycles. The monoisotopic (exact) mass is 212 g/mol. The largest absolute Gasteiger partial charge is 0.393 e. The molecular weight excluding hydrogens is 184 g/mol. The molecule has 0 aromatic rings. The van der Waals surface area contributed by atoms with Gasteiger partial charge in [-0.3, -0.25) is 0 Å². The first-order valence-corrected chi connectivity index (χ1v) is 6.56. The van der Waals surface area contributed by atoms with E-state index in [1.54, 1.807) is 0 Å². The van der Waals surface area contributed by atoms with Gasteiger partial charge in [0.25, 0.3) is 0 Å². The highest BCUT2D eigenvalue weighted by molar-refractivity contribution is 4.65. The SMILES string of the molecule is C=CCCCCCCCCCC[C@@H](C)O. The van der Waals surface area contributed by atoms with Gasteiger partial charge in [-0.15, -0.1) is 6.58 Å². The Bertz CT molecular complexity index is 129. The van der Waals surface area contributed by atoms with E-state index in [2.05, 4.69) is 6.58 Å². The molecule has 1 heteroatoms. The first-order valence-electron chi connectivity index (χ1n) is 6.56. The second-order valence-corrected chi connectivity index (χ2v) is 4.54. The van der Waals surface area contributed by atoms with Crippen molar-refractivity contribution in [3.8, 4) is 0 Å². The number of aliphatic hydroxyl groups excluding tert-OH is 1. The van der Waals surface area contributed by atoms with E-state index in [-0.39, 0.29) is 6.10 Å². The van der Waals surface area contributed by atoms with Gasteiger partial charge < -0.3 is 5.11 Å². The second-order valence-electron chi connectivity index (χ2n) is 4.54. The second kappa shape index (κ2) is 11.8. The summed E-state index contributed by atoms with van der Waals surface area (Å²) in [5.74, 6) is 0. The van der Waals surface area contributed by atoms with E-state index in [0.29, 0.717) is 0 Å². The molecule has 0 heterocycles. The normalized spacial score (nSPS) is 12.7. The smallest absolute Gasteiger partial charge is 0.0512 e. The fourth-order valence-corrected chi connectivity index (χ4v) is 1.79. The standard InChI is InChI=1S/C14H28O/c1-3-4-5-6-7-8-9-10-11-12-13-14(2)15/h3,14-15H,1,4-13H2,2H3/t14-/m1/s1. The highest BCUT2D eigenvalue weighted by Gasteiger charge is 1.95. The van der Waals surface area contributed by atoms with Gasteiger partial charge in [-0.1, -0.05) is 51.0 Å². The zero-order valence-electron chi connectivity index (χ0n) is 10.4. The van der Waals surface area contributed by atoms with Gasteiger partial charge in [0.2, 0.25) is 0 Å². The molecule has 0 amide bonds. The van der Waals surface area contributed by atoms with Crippen LogP contribution >= 0.6 is 0 Å². The fourth-order valence-electron chi connectivity index (χ4n) is 1.79. The van der Waals surface area contributed by atoms with Crippen LogP contribution in [0.15, 0.2) is 12.7 Å². The molecule has 0 rings (SSSR count). The number of unbranched alkanes of at least 4 members (excludes halogenated alkanes) is 8. The molecule has 90 valence electrons. The molecule has 0 unspecified atom stereocenters. The van der Waals surface area contributed by atoms with Crippen molar-refractivity contribution in [1.29, 1.82) is 0 Å². The van der Waals surface area contributed by atoms with Gasteiger partial charge in [0.05, 0.1) is 6.10 Å². The highest BCUT2D eigenvalue weighted by atomic mass is 16.3. The molecule has 0 aliphatic carbocycles. The van der Waals surface area contributed by atoms with Crippen LogP contribution in [0.4, 0.5) is 0 Å². The minimum absolute atomic E-state index is 0.107. The summed E-state index contributed by atoms with van der Waals surface area (Å²) in [4.78, 5) is 0. The van der Waals surface area contributed by atoms with Crippen molar-refractivity contribution in [3.05, 3.63) is 12.7 Å². The van der Waals surface area contributed by atoms with Crippen molar-refractivity contribution in [2.75, 3.05) is 0 Å². The van der Waals surface area contributed by atoms with Gasteiger partial charge in [0, 0.05) is 0 Å². The molecule has 0 spiro atoms. The van der Waals surface area contributed by atoms with Crippen LogP contribution in [-0.4, -0.2) is 11.2 Å². The van der Waals surface area contributed by atoms with Crippen molar-refractivity contribution in [1.82, 2.24) is 0 Å². The minimum atomic E-state index is -0.107. The van der Waals surface area contributed by atoms with E-state index in [1.807, 2.05) is 13.0 Å². The maximum absolute atomic E-state index is 9.07. The van der Waals surface area contributed by atoms with Crippen molar-refractivity contribution >= 4 is 0 Å². The van der Waals surface area contributed by atoms with E-state index < -0.39 is 0 Å². The van der Waals surface area contributed by atoms with Gasteiger partial charge >= 0.3 is 0 Å². The lowest BCUT2D eigenvalue weighted by Gasteiger charge is -2.03. The summed E-state index contributed by atoms with van der Waals surface area (Å²) in [5.41, 5.74) is 0. The summed E-state index contributed by atoms with van der Waals surface area (Å²) < 4.78 is 0. The Kier molecular flexibility index (Phi) is 11.5. The van der Waals surface area contributed by atoms with Crippen molar-refractivity contribution in [3.63, 3.8) is 0 Å². The zero-order valence-corrected chi connectivity index (χ0v) is 10.4. The van der Waals surface area contributed by atoms with E-state index in [1.165, 1.54) is 57.8 Å². The van der Waals surface area contributed by atoms with Crippen LogP contribution in [0.5, 0.6) is 0 Å². The Morgan fingerprint density at radius 3 is 1.87 bits per heavy atom. The van der Waals surface area contributed by atoms with Crippen LogP contribution in [0.25, 0.3) is 0 Å². The van der Waals surface area contributed by atoms with Crippen LogP contribution in [0.2, 0.25) is 0 Å². The average molecular weight is 212 g/mol. The third kappa shape index (κ3) is 13.7. The Morgan fingerprint density at radius 1 is 0.933 bits per heavy atom. The third-order valence-electron chi connectivity index (χ3n) is 2.78. The topological polar surface area (TPSA) is 20.2 Å². The summed E-state index contributed by atoms with van der Waals surface area (Å²) in [6.45, 7) is 5.60. The summed E-state index contributed by atoms with van der Waals surface area (Å²) in [6, 6.07) is 0. The summed E-state index contributed by atoms with van der Waals surface area (Å²) in [6.07, 6.45) is 14.7. The Morgan fingerprint density at radius 2 is 1.40 bits per heavy atom. The zero-order chi connectivity index (χ0) is 11.4. The first-order chi connectivity index (χ1) is 7.27. The average Bonchev–Trinajstić information content (AvgIpc) is 2.20. The van der Waals surface area contributed by atoms with Gasteiger partial charge in [-0.25, -0.2) is 0 Å². The van der Waals surface area contributed by atoms with E-state index in [4.69, 9.17) is 5.11 Å². The maximum Gasteiger partial charge on any atom is 0.0512 e. The van der Waals surface area contributed by atoms with Crippen LogP contribution < -0.4 is 0 Å². The van der Waals surface area contributed by atoms with Gasteiger partial charge in [-0.05, 0) is 26.2 Å². The van der Waals surface area contributed by atoms with Crippen molar-refractivity contribution < 1.29 is 5.11 Å². The molecule has 0 bridgehead atoms. The van der Waals surface area contributed by atoms with Gasteiger partial charge in [-0.2, -0.15) is 0 Å². The number of aliphatic hydroxyl groups is 1. The van der Waals surface area contributed by atoms with E-state index in [9.17, 15) is 0 Å². The number of hydrogen-bond acceptors (Lipinski definition) is 1. The Labute approximate surface area is 95.6 Å². The summed E-state index contributed by atoms with van der Waals surface area (Å²) in [5, 5.41) is 9.07. The van der Waals surface area contributed by atoms with E-state index >= 15 is 0 Å². The molecule has 15 heavy (non-hydrogen) atoms. The molecule has 1 nitrogen and oxygen atoms in total. The lowest BCUT2D eigenvalue weighted by molar-refractivity contribution is 0.180. The van der Waals surface area contributed by atoms with Gasteiger partial charge in [0.1, 0.15) is 0 Å². The maximum atomic E-state index is 9.07. The molecule has 0 radical (unpaired) electrons. The number of rotatable bonds is 11. The molecule has 0 fully saturated rings. The summed E-state index contributed by atoms with van der Waals surface area (Å²) in [7, 11) is 0. The summed E-state index contributed by atoms with van der Waals surface area (Å²) >= 11 is 0. The van der Waals surface area contributed by atoms with Crippen molar-refractivity contribution in [2.24, 2.45) is 0 Å². The molecule has 0 aliphatic rings. The lowest BCUT2D eigenvalue weighted by atomic mass is 10.1. The predicted molar refractivity (Wildman–Crippen MR) is 68.0 cm³/mol. The highest BCUT2D eigenvalue weighted by Crippen LogP contribution is 2.11. The predicted octanol–water partition coefficient (Wildman–Crippen LogP) is 4.45. The molecule has 0 saturated carbocycles. The fraction of sp³-hybridized carbons (Fsp3) is 0.857. The number of hydrogen-bond donors (Lipinski definition) is 1. The van der Waals surface area contributed by atoms with Crippen molar-refractivity contribution in [2.45, 2.75) is 77.2 Å². The minimum Gasteiger partial charge on any atom is -0.393 e. The quantitative estimate of drug-likeness (QED) is 0.396. The molecule has 1 atom stereocenters.